The van der Waals surface area contributed by atoms with Crippen LogP contribution in [-0.2, 0) is 4.79 Å². The molecule has 0 spiro atoms. The van der Waals surface area contributed by atoms with Crippen molar-refractivity contribution >= 4 is 23.3 Å². The van der Waals surface area contributed by atoms with Gasteiger partial charge in [0.25, 0.3) is 0 Å². The van der Waals surface area contributed by atoms with Crippen molar-refractivity contribution in [1.29, 1.82) is 0 Å². The average Bonchev–Trinajstić information content (AvgIpc) is 2.72. The fourth-order valence-corrected chi connectivity index (χ4v) is 3.88. The number of para-hydroxylation sites is 2. The molecule has 1 fully saturated rings. The number of carbonyl (C=O) groups excluding carboxylic acids is 2. The number of anilines is 2. The van der Waals surface area contributed by atoms with Gasteiger partial charge in [-0.3, -0.25) is 9.69 Å². The number of benzene rings is 2. The molecule has 29 heavy (non-hydrogen) atoms. The molecule has 7 heteroatoms. The number of nitrogens with one attached hydrogen (secondary N) is 1. The monoisotopic (exact) mass is 397 g/mol. The van der Waals surface area contributed by atoms with Crippen molar-refractivity contribution in [3.8, 4) is 5.75 Å². The van der Waals surface area contributed by atoms with Crippen molar-refractivity contribution in [2.45, 2.75) is 25.9 Å². The number of nitrogens with zero attached hydrogens (tertiary/aromatic N) is 2. The van der Waals surface area contributed by atoms with Crippen LogP contribution < -0.4 is 15.0 Å². The molecule has 0 aliphatic carbocycles. The minimum atomic E-state index is -0.386. The first kappa shape index (κ1) is 19.2. The molecule has 0 unspecified atom stereocenters. The maximum absolute atomic E-state index is 13.3. The van der Waals surface area contributed by atoms with Crippen LogP contribution in [0.15, 0.2) is 48.5 Å². The summed E-state index contributed by atoms with van der Waals surface area (Å²) >= 11 is 0. The van der Waals surface area contributed by atoms with Crippen LogP contribution in [0.2, 0.25) is 0 Å². The summed E-state index contributed by atoms with van der Waals surface area (Å²) in [6.07, 6.45) is 1.08. The van der Waals surface area contributed by atoms with Crippen LogP contribution in [-0.4, -0.2) is 42.6 Å². The Morgan fingerprint density at radius 3 is 2.62 bits per heavy atom. The maximum atomic E-state index is 13.3. The molecule has 2 aliphatic heterocycles. The van der Waals surface area contributed by atoms with Gasteiger partial charge in [0, 0.05) is 24.7 Å². The first-order valence-corrected chi connectivity index (χ1v) is 9.90. The number of fused-ring (bicyclic) bond motifs is 1. The summed E-state index contributed by atoms with van der Waals surface area (Å²) in [5.74, 6) is -0.00144. The normalized spacial score (nSPS) is 19.3. The van der Waals surface area contributed by atoms with Gasteiger partial charge in [0.05, 0.1) is 12.2 Å². The van der Waals surface area contributed by atoms with E-state index in [1.165, 1.54) is 12.1 Å². The molecule has 3 amide bonds. The number of ether oxygens (including phenoxy) is 1. The van der Waals surface area contributed by atoms with E-state index < -0.39 is 0 Å². The Labute approximate surface area is 169 Å². The van der Waals surface area contributed by atoms with Gasteiger partial charge in [0.15, 0.2) is 0 Å². The van der Waals surface area contributed by atoms with E-state index in [1.807, 2.05) is 31.2 Å². The van der Waals surface area contributed by atoms with Crippen LogP contribution in [0.4, 0.5) is 20.6 Å². The van der Waals surface area contributed by atoms with Crippen molar-refractivity contribution in [2.24, 2.45) is 5.92 Å². The molecule has 2 aromatic rings. The van der Waals surface area contributed by atoms with Gasteiger partial charge in [-0.25, -0.2) is 9.18 Å². The molecule has 2 aliphatic rings. The van der Waals surface area contributed by atoms with Crippen LogP contribution in [0.1, 0.15) is 19.8 Å². The molecule has 2 heterocycles. The molecular weight excluding hydrogens is 373 g/mol. The van der Waals surface area contributed by atoms with Crippen molar-refractivity contribution in [1.82, 2.24) is 4.90 Å². The highest BCUT2D eigenvalue weighted by atomic mass is 19.1. The Balaban J connectivity index is 1.37. The van der Waals surface area contributed by atoms with Crippen molar-refractivity contribution < 1.29 is 18.7 Å². The van der Waals surface area contributed by atoms with Crippen molar-refractivity contribution in [2.75, 3.05) is 29.9 Å². The quantitative estimate of drug-likeness (QED) is 0.837. The second-order valence-electron chi connectivity index (χ2n) is 7.55. The molecule has 0 aromatic heterocycles. The molecular formula is C22H24FN3O3. The highest BCUT2D eigenvalue weighted by Crippen LogP contribution is 2.34. The van der Waals surface area contributed by atoms with E-state index in [-0.39, 0.29) is 29.8 Å². The fraction of sp³-hybridized carbons (Fsp3) is 0.364. The summed E-state index contributed by atoms with van der Waals surface area (Å²) in [5, 5.41) is 2.77. The molecule has 1 atom stereocenters. The van der Waals surface area contributed by atoms with E-state index in [0.29, 0.717) is 43.9 Å². The first-order valence-electron chi connectivity index (χ1n) is 9.90. The van der Waals surface area contributed by atoms with E-state index >= 15 is 0 Å². The van der Waals surface area contributed by atoms with Gasteiger partial charge in [-0.1, -0.05) is 18.2 Å². The summed E-state index contributed by atoms with van der Waals surface area (Å²) in [6, 6.07) is 13.3. The number of amides is 3. The lowest BCUT2D eigenvalue weighted by Gasteiger charge is -2.39. The standard InChI is InChI=1S/C22H24FN3O3/c1-15-14-26(19-7-2-3-8-20(19)29-15)22(28)25-11-9-16(10-12-25)21(27)24-18-6-4-5-17(23)13-18/h2-8,13,15-16H,9-12,14H2,1H3,(H,24,27)/t15-/m1/s1. The second-order valence-corrected chi connectivity index (χ2v) is 7.55. The Morgan fingerprint density at radius 1 is 1.10 bits per heavy atom. The van der Waals surface area contributed by atoms with Gasteiger partial charge in [0.2, 0.25) is 5.91 Å². The van der Waals surface area contributed by atoms with Gasteiger partial charge in [-0.05, 0) is 50.1 Å². The Bertz CT molecular complexity index is 912. The number of hydrogen-bond donors (Lipinski definition) is 1. The summed E-state index contributed by atoms with van der Waals surface area (Å²) < 4.78 is 19.1. The zero-order valence-corrected chi connectivity index (χ0v) is 16.3. The molecule has 0 saturated carbocycles. The van der Waals surface area contributed by atoms with Gasteiger partial charge in [-0.15, -0.1) is 0 Å². The number of piperidine rings is 1. The molecule has 0 radical (unpaired) electrons. The molecule has 1 saturated heterocycles. The lowest BCUT2D eigenvalue weighted by Crippen LogP contribution is -2.51. The first-order chi connectivity index (χ1) is 14.0. The van der Waals surface area contributed by atoms with E-state index in [9.17, 15) is 14.0 Å². The third kappa shape index (κ3) is 4.18. The predicted octanol–water partition coefficient (Wildman–Crippen LogP) is 3.88. The molecule has 2 aromatic carbocycles. The Hall–Kier alpha value is -3.09. The lowest BCUT2D eigenvalue weighted by atomic mass is 9.96. The topological polar surface area (TPSA) is 61.9 Å². The van der Waals surface area contributed by atoms with Gasteiger partial charge in [0.1, 0.15) is 17.7 Å². The van der Waals surface area contributed by atoms with Crippen LogP contribution in [0.5, 0.6) is 5.75 Å². The predicted molar refractivity (Wildman–Crippen MR) is 109 cm³/mol. The highest BCUT2D eigenvalue weighted by Gasteiger charge is 2.33. The van der Waals surface area contributed by atoms with E-state index in [0.717, 1.165) is 5.69 Å². The van der Waals surface area contributed by atoms with E-state index in [2.05, 4.69) is 5.32 Å². The summed E-state index contributed by atoms with van der Waals surface area (Å²) in [7, 11) is 0. The Morgan fingerprint density at radius 2 is 1.86 bits per heavy atom. The summed E-state index contributed by atoms with van der Waals surface area (Å²) in [5.41, 5.74) is 1.23. The molecule has 1 N–H and O–H groups in total. The number of hydrogen-bond acceptors (Lipinski definition) is 3. The minimum Gasteiger partial charge on any atom is -0.487 e. The third-order valence-electron chi connectivity index (χ3n) is 5.38. The van der Waals surface area contributed by atoms with Gasteiger partial charge in [-0.2, -0.15) is 0 Å². The van der Waals surface area contributed by atoms with Crippen LogP contribution >= 0.6 is 0 Å². The largest absolute Gasteiger partial charge is 0.487 e. The second kappa shape index (κ2) is 8.11. The zero-order chi connectivity index (χ0) is 20.4. The van der Waals surface area contributed by atoms with Crippen LogP contribution in [0, 0.1) is 11.7 Å². The SMILES string of the molecule is C[C@@H]1CN(C(=O)N2CCC(C(=O)Nc3cccc(F)c3)CC2)c2ccccc2O1. The van der Waals surface area contributed by atoms with E-state index in [4.69, 9.17) is 4.74 Å². The molecule has 0 bridgehead atoms. The van der Waals surface area contributed by atoms with E-state index in [1.54, 1.807) is 21.9 Å². The number of carbonyl (C=O) groups is 2. The molecule has 6 nitrogen and oxygen atoms in total. The highest BCUT2D eigenvalue weighted by molar-refractivity contribution is 5.95. The van der Waals surface area contributed by atoms with Gasteiger partial charge >= 0.3 is 6.03 Å². The minimum absolute atomic E-state index is 0.0587. The number of halogens is 1. The molecule has 152 valence electrons. The van der Waals surface area contributed by atoms with Crippen LogP contribution in [0.25, 0.3) is 0 Å². The summed E-state index contributed by atoms with van der Waals surface area (Å²) in [4.78, 5) is 29.2. The smallest absolute Gasteiger partial charge is 0.324 e. The lowest BCUT2D eigenvalue weighted by molar-refractivity contribution is -0.121. The summed E-state index contributed by atoms with van der Waals surface area (Å²) in [6.45, 7) is 3.46. The Kier molecular flexibility index (Phi) is 5.38. The van der Waals surface area contributed by atoms with Crippen LogP contribution in [0.3, 0.4) is 0 Å². The molecule has 4 rings (SSSR count). The maximum Gasteiger partial charge on any atom is 0.324 e. The van der Waals surface area contributed by atoms with Gasteiger partial charge < -0.3 is 15.0 Å². The zero-order valence-electron chi connectivity index (χ0n) is 16.3. The average molecular weight is 397 g/mol. The fourth-order valence-electron chi connectivity index (χ4n) is 3.88. The number of rotatable bonds is 2. The number of urea groups is 1. The number of likely N-dealkylation sites (tertiary alicyclic amines) is 1. The third-order valence-corrected chi connectivity index (χ3v) is 5.38. The van der Waals surface area contributed by atoms with Crippen molar-refractivity contribution in [3.05, 3.63) is 54.3 Å². The van der Waals surface area contributed by atoms with Crippen molar-refractivity contribution in [3.63, 3.8) is 0 Å².